The van der Waals surface area contributed by atoms with Crippen LogP contribution in [-0.4, -0.2) is 29.8 Å². The van der Waals surface area contributed by atoms with Gasteiger partial charge in [-0.25, -0.2) is 0 Å². The third-order valence-corrected chi connectivity index (χ3v) is 4.82. The highest BCUT2D eigenvalue weighted by Gasteiger charge is 2.25. The highest BCUT2D eigenvalue weighted by Crippen LogP contribution is 2.19. The highest BCUT2D eigenvalue weighted by atomic mass is 79.9. The largest absolute Gasteiger partial charge is 0.357 e. The van der Waals surface area contributed by atoms with E-state index in [0.29, 0.717) is 11.6 Å². The van der Waals surface area contributed by atoms with Crippen molar-refractivity contribution < 1.29 is 9.59 Å². The molecular weight excluding hydrogens is 404 g/mol. The number of nitrogens with zero attached hydrogens (tertiary/aromatic N) is 1. The number of hydrogen-bond donors (Lipinski definition) is 1. The number of hydrogen-bond acceptors (Lipinski definition) is 2. The molecule has 0 saturated carbocycles. The summed E-state index contributed by atoms with van der Waals surface area (Å²) in [4.78, 5) is 26.6. The summed E-state index contributed by atoms with van der Waals surface area (Å²) >= 11 is 9.60. The molecule has 0 radical (unpaired) electrons. The summed E-state index contributed by atoms with van der Waals surface area (Å²) in [7, 11) is 1.56. The second-order valence-electron chi connectivity index (χ2n) is 5.71. The molecule has 1 N–H and O–H groups in total. The minimum Gasteiger partial charge on any atom is -0.357 e. The molecule has 2 rings (SSSR count). The molecule has 0 saturated heterocycles. The lowest BCUT2D eigenvalue weighted by Crippen LogP contribution is -2.47. The Kier molecular flexibility index (Phi) is 7.02. The van der Waals surface area contributed by atoms with Gasteiger partial charge in [-0.15, -0.1) is 0 Å². The number of carbonyl (C=O) groups excluding carboxylic acids is 2. The van der Waals surface area contributed by atoms with Crippen LogP contribution in [0.5, 0.6) is 0 Å². The van der Waals surface area contributed by atoms with E-state index in [9.17, 15) is 9.59 Å². The molecule has 0 bridgehead atoms. The van der Waals surface area contributed by atoms with Crippen molar-refractivity contribution in [3.63, 3.8) is 0 Å². The molecule has 2 aromatic rings. The summed E-state index contributed by atoms with van der Waals surface area (Å²) in [5.41, 5.74) is 1.69. The standard InChI is InChI=1S/C19H20BrClN2O2/c1-13(19(25)22-2)23(12-14-6-5-8-16(20)10-14)18(24)11-15-7-3-4-9-17(15)21/h3-10,13H,11-12H2,1-2H3,(H,22,25). The van der Waals surface area contributed by atoms with Gasteiger partial charge < -0.3 is 10.2 Å². The molecule has 0 spiro atoms. The molecule has 6 heteroatoms. The van der Waals surface area contributed by atoms with Crippen molar-refractivity contribution in [2.75, 3.05) is 7.05 Å². The SMILES string of the molecule is CNC(=O)C(C)N(Cc1cccc(Br)c1)C(=O)Cc1ccccc1Cl. The first-order valence-electron chi connectivity index (χ1n) is 7.91. The van der Waals surface area contributed by atoms with Crippen LogP contribution in [0.1, 0.15) is 18.1 Å². The first-order valence-corrected chi connectivity index (χ1v) is 9.08. The van der Waals surface area contributed by atoms with Gasteiger partial charge in [-0.05, 0) is 36.2 Å². The highest BCUT2D eigenvalue weighted by molar-refractivity contribution is 9.10. The van der Waals surface area contributed by atoms with Crippen LogP contribution < -0.4 is 5.32 Å². The van der Waals surface area contributed by atoms with Crippen LogP contribution in [0.2, 0.25) is 5.02 Å². The topological polar surface area (TPSA) is 49.4 Å². The Morgan fingerprint density at radius 2 is 1.92 bits per heavy atom. The predicted molar refractivity (Wildman–Crippen MR) is 103 cm³/mol. The minimum atomic E-state index is -0.584. The van der Waals surface area contributed by atoms with Gasteiger partial charge in [0.2, 0.25) is 11.8 Å². The third kappa shape index (κ3) is 5.31. The molecule has 2 aromatic carbocycles. The van der Waals surface area contributed by atoms with Gasteiger partial charge >= 0.3 is 0 Å². The second-order valence-corrected chi connectivity index (χ2v) is 7.03. The minimum absolute atomic E-state index is 0.148. The van der Waals surface area contributed by atoms with Crippen LogP contribution >= 0.6 is 27.5 Å². The fraction of sp³-hybridized carbons (Fsp3) is 0.263. The first kappa shape index (κ1) is 19.5. The van der Waals surface area contributed by atoms with E-state index < -0.39 is 6.04 Å². The molecule has 0 aliphatic rings. The van der Waals surface area contributed by atoms with Crippen LogP contribution in [0.4, 0.5) is 0 Å². The summed E-state index contributed by atoms with van der Waals surface area (Å²) in [6.45, 7) is 2.07. The molecule has 0 heterocycles. The van der Waals surface area contributed by atoms with E-state index in [1.165, 1.54) is 0 Å². The zero-order valence-electron chi connectivity index (χ0n) is 14.1. The summed E-state index contributed by atoms with van der Waals surface area (Å²) in [6, 6.07) is 14.3. The van der Waals surface area contributed by atoms with Crippen molar-refractivity contribution in [1.29, 1.82) is 0 Å². The van der Waals surface area contributed by atoms with Crippen molar-refractivity contribution in [1.82, 2.24) is 10.2 Å². The van der Waals surface area contributed by atoms with Crippen LogP contribution in [0.3, 0.4) is 0 Å². The fourth-order valence-electron chi connectivity index (χ4n) is 2.53. The van der Waals surface area contributed by atoms with Gasteiger partial charge in [0.15, 0.2) is 0 Å². The van der Waals surface area contributed by atoms with Crippen molar-refractivity contribution in [2.24, 2.45) is 0 Å². The third-order valence-electron chi connectivity index (χ3n) is 3.96. The van der Waals surface area contributed by atoms with Gasteiger partial charge in [0, 0.05) is 23.1 Å². The van der Waals surface area contributed by atoms with Gasteiger partial charge in [-0.1, -0.05) is 57.9 Å². The molecule has 1 atom stereocenters. The van der Waals surface area contributed by atoms with E-state index in [1.807, 2.05) is 42.5 Å². The predicted octanol–water partition coefficient (Wildman–Crippen LogP) is 3.81. The number of benzene rings is 2. The van der Waals surface area contributed by atoms with E-state index >= 15 is 0 Å². The van der Waals surface area contributed by atoms with Crippen LogP contribution in [0.15, 0.2) is 53.0 Å². The Balaban J connectivity index is 2.25. The van der Waals surface area contributed by atoms with Crippen molar-refractivity contribution in [3.05, 3.63) is 69.2 Å². The van der Waals surface area contributed by atoms with E-state index in [0.717, 1.165) is 15.6 Å². The summed E-state index contributed by atoms with van der Waals surface area (Å²) in [5, 5.41) is 3.15. The molecule has 0 fully saturated rings. The van der Waals surface area contributed by atoms with Gasteiger partial charge in [0.25, 0.3) is 0 Å². The number of carbonyl (C=O) groups is 2. The maximum atomic E-state index is 12.9. The second kappa shape index (κ2) is 9.02. The molecule has 4 nitrogen and oxygen atoms in total. The average molecular weight is 424 g/mol. The zero-order valence-corrected chi connectivity index (χ0v) is 16.5. The Labute approximate surface area is 161 Å². The van der Waals surface area contributed by atoms with Gasteiger partial charge in [-0.2, -0.15) is 0 Å². The van der Waals surface area contributed by atoms with Crippen LogP contribution in [0, 0.1) is 0 Å². The van der Waals surface area contributed by atoms with E-state index in [1.54, 1.807) is 24.9 Å². The molecule has 0 aliphatic heterocycles. The molecule has 2 amide bonds. The monoisotopic (exact) mass is 422 g/mol. The zero-order chi connectivity index (χ0) is 18.4. The van der Waals surface area contributed by atoms with Gasteiger partial charge in [0.1, 0.15) is 6.04 Å². The fourth-order valence-corrected chi connectivity index (χ4v) is 3.18. The number of halogens is 2. The van der Waals surface area contributed by atoms with Gasteiger partial charge in [0.05, 0.1) is 6.42 Å². The quantitative estimate of drug-likeness (QED) is 0.768. The number of rotatable bonds is 6. The summed E-state index contributed by atoms with van der Waals surface area (Å²) in [5.74, 6) is -0.355. The first-order chi connectivity index (χ1) is 11.9. The summed E-state index contributed by atoms with van der Waals surface area (Å²) in [6.07, 6.45) is 0.148. The Hall–Kier alpha value is -1.85. The maximum Gasteiger partial charge on any atom is 0.242 e. The molecule has 25 heavy (non-hydrogen) atoms. The van der Waals surface area contributed by atoms with E-state index in [2.05, 4.69) is 21.2 Å². The van der Waals surface area contributed by atoms with Crippen molar-refractivity contribution >= 4 is 39.3 Å². The molecule has 1 unspecified atom stereocenters. The molecule has 132 valence electrons. The van der Waals surface area contributed by atoms with Crippen molar-refractivity contribution in [3.8, 4) is 0 Å². The normalized spacial score (nSPS) is 11.7. The lowest BCUT2D eigenvalue weighted by atomic mass is 10.1. The van der Waals surface area contributed by atoms with Crippen LogP contribution in [0.25, 0.3) is 0 Å². The molecule has 0 aliphatic carbocycles. The average Bonchev–Trinajstić information content (AvgIpc) is 2.60. The Morgan fingerprint density at radius 3 is 2.56 bits per heavy atom. The number of nitrogens with one attached hydrogen (secondary N) is 1. The van der Waals surface area contributed by atoms with E-state index in [-0.39, 0.29) is 18.2 Å². The Morgan fingerprint density at radius 1 is 1.20 bits per heavy atom. The van der Waals surface area contributed by atoms with E-state index in [4.69, 9.17) is 11.6 Å². The van der Waals surface area contributed by atoms with Crippen LogP contribution in [-0.2, 0) is 22.6 Å². The number of amides is 2. The summed E-state index contributed by atoms with van der Waals surface area (Å²) < 4.78 is 0.927. The molecular formula is C19H20BrClN2O2. The smallest absolute Gasteiger partial charge is 0.242 e. The lowest BCUT2D eigenvalue weighted by Gasteiger charge is -2.28. The number of likely N-dealkylation sites (N-methyl/N-ethyl adjacent to an activating group) is 1. The Bertz CT molecular complexity index is 767. The lowest BCUT2D eigenvalue weighted by molar-refractivity contribution is -0.139. The van der Waals surface area contributed by atoms with Crippen molar-refractivity contribution in [2.45, 2.75) is 25.9 Å². The maximum absolute atomic E-state index is 12.9. The molecule has 0 aromatic heterocycles. The van der Waals surface area contributed by atoms with Gasteiger partial charge in [-0.3, -0.25) is 9.59 Å².